The van der Waals surface area contributed by atoms with E-state index in [2.05, 4.69) is 29.6 Å². The lowest BCUT2D eigenvalue weighted by Gasteiger charge is -2.24. The van der Waals surface area contributed by atoms with Gasteiger partial charge in [-0.05, 0) is 60.9 Å². The Morgan fingerprint density at radius 2 is 2.00 bits per heavy atom. The van der Waals surface area contributed by atoms with E-state index >= 15 is 0 Å². The van der Waals surface area contributed by atoms with Crippen LogP contribution in [0.2, 0.25) is 0 Å². The van der Waals surface area contributed by atoms with Crippen molar-refractivity contribution in [3.8, 4) is 0 Å². The number of amides is 1. The van der Waals surface area contributed by atoms with Gasteiger partial charge in [-0.25, -0.2) is 0 Å². The van der Waals surface area contributed by atoms with E-state index in [0.29, 0.717) is 18.0 Å². The fourth-order valence-electron chi connectivity index (χ4n) is 3.19. The van der Waals surface area contributed by atoms with Crippen LogP contribution in [-0.4, -0.2) is 5.91 Å². The maximum atomic E-state index is 12.3. The highest BCUT2D eigenvalue weighted by molar-refractivity contribution is 5.92. The third kappa shape index (κ3) is 3.30. The van der Waals surface area contributed by atoms with Crippen LogP contribution < -0.4 is 11.1 Å². The summed E-state index contributed by atoms with van der Waals surface area (Å²) in [6, 6.07) is 14.2. The summed E-state index contributed by atoms with van der Waals surface area (Å²) in [4.78, 5) is 12.3. The van der Waals surface area contributed by atoms with Gasteiger partial charge in [-0.3, -0.25) is 4.79 Å². The predicted octanol–water partition coefficient (Wildman–Crippen LogP) is 3.71. The molecule has 22 heavy (non-hydrogen) atoms. The van der Waals surface area contributed by atoms with Gasteiger partial charge in [-0.1, -0.05) is 30.3 Å². The summed E-state index contributed by atoms with van der Waals surface area (Å²) in [6.07, 6.45) is 3.73. The first-order chi connectivity index (χ1) is 10.6. The van der Waals surface area contributed by atoms with E-state index in [9.17, 15) is 4.79 Å². The van der Waals surface area contributed by atoms with E-state index < -0.39 is 0 Å². The molecule has 1 aliphatic carbocycles. The Morgan fingerprint density at radius 3 is 2.82 bits per heavy atom. The lowest BCUT2D eigenvalue weighted by molar-refractivity contribution is -0.117. The quantitative estimate of drug-likeness (QED) is 0.848. The van der Waals surface area contributed by atoms with Gasteiger partial charge < -0.3 is 11.1 Å². The third-order valence-corrected chi connectivity index (χ3v) is 4.46. The number of hydrogen-bond donors (Lipinski definition) is 2. The zero-order chi connectivity index (χ0) is 15.5. The number of aryl methyl sites for hydroxylation is 2. The van der Waals surface area contributed by atoms with Gasteiger partial charge in [0.1, 0.15) is 0 Å². The Hall–Kier alpha value is -2.29. The number of anilines is 2. The molecule has 0 heterocycles. The monoisotopic (exact) mass is 294 g/mol. The van der Waals surface area contributed by atoms with Crippen LogP contribution in [0.4, 0.5) is 11.4 Å². The second-order valence-corrected chi connectivity index (χ2v) is 6.20. The number of carbonyl (C=O) groups excluding carboxylic acids is 1. The van der Waals surface area contributed by atoms with Gasteiger partial charge in [-0.2, -0.15) is 0 Å². The topological polar surface area (TPSA) is 55.1 Å². The van der Waals surface area contributed by atoms with Gasteiger partial charge in [0.25, 0.3) is 0 Å². The highest BCUT2D eigenvalue weighted by Crippen LogP contribution is 2.28. The second-order valence-electron chi connectivity index (χ2n) is 6.20. The third-order valence-electron chi connectivity index (χ3n) is 4.46. The Bertz CT molecular complexity index is 694. The van der Waals surface area contributed by atoms with Crippen molar-refractivity contribution in [1.29, 1.82) is 0 Å². The molecular formula is C19H22N2O. The molecule has 2 aromatic rings. The summed E-state index contributed by atoms with van der Waals surface area (Å²) in [7, 11) is 0. The molecule has 1 unspecified atom stereocenters. The second kappa shape index (κ2) is 6.22. The molecule has 0 aliphatic heterocycles. The van der Waals surface area contributed by atoms with Gasteiger partial charge in [0.15, 0.2) is 0 Å². The summed E-state index contributed by atoms with van der Waals surface area (Å²) >= 11 is 0. The lowest BCUT2D eigenvalue weighted by Crippen LogP contribution is -2.22. The molecule has 0 aromatic heterocycles. The first kappa shape index (κ1) is 14.6. The molecule has 0 radical (unpaired) electrons. The molecule has 3 N–H and O–H groups in total. The van der Waals surface area contributed by atoms with Gasteiger partial charge in [0.2, 0.25) is 5.91 Å². The van der Waals surface area contributed by atoms with Gasteiger partial charge in [0, 0.05) is 17.8 Å². The summed E-state index contributed by atoms with van der Waals surface area (Å²) < 4.78 is 0. The number of nitrogen functional groups attached to an aromatic ring is 1. The average molecular weight is 294 g/mol. The van der Waals surface area contributed by atoms with Gasteiger partial charge >= 0.3 is 0 Å². The van der Waals surface area contributed by atoms with E-state index in [1.54, 1.807) is 0 Å². The zero-order valence-corrected chi connectivity index (χ0v) is 12.9. The van der Waals surface area contributed by atoms with Crippen LogP contribution in [0, 0.1) is 12.8 Å². The summed E-state index contributed by atoms with van der Waals surface area (Å²) in [6.45, 7) is 1.98. The lowest BCUT2D eigenvalue weighted by atomic mass is 9.82. The fraction of sp³-hybridized carbons (Fsp3) is 0.316. The Kier molecular flexibility index (Phi) is 4.14. The fourth-order valence-corrected chi connectivity index (χ4v) is 3.19. The van der Waals surface area contributed by atoms with E-state index in [1.165, 1.54) is 11.1 Å². The maximum absolute atomic E-state index is 12.3. The molecule has 1 aliphatic rings. The summed E-state index contributed by atoms with van der Waals surface area (Å²) in [5.74, 6) is 0.509. The van der Waals surface area contributed by atoms with Crippen LogP contribution in [0.5, 0.6) is 0 Å². The summed E-state index contributed by atoms with van der Waals surface area (Å²) in [5, 5.41) is 3.00. The molecule has 3 rings (SSSR count). The van der Waals surface area contributed by atoms with Crippen molar-refractivity contribution < 1.29 is 4.79 Å². The van der Waals surface area contributed by atoms with Crippen molar-refractivity contribution in [3.05, 3.63) is 59.2 Å². The Labute approximate surface area is 131 Å². The maximum Gasteiger partial charge on any atom is 0.224 e. The number of nitrogens with one attached hydrogen (secondary N) is 1. The molecule has 0 saturated heterocycles. The number of carbonyl (C=O) groups is 1. The first-order valence-electron chi connectivity index (χ1n) is 7.84. The first-order valence-corrected chi connectivity index (χ1v) is 7.84. The molecule has 1 amide bonds. The minimum atomic E-state index is 0.0816. The van der Waals surface area contributed by atoms with Crippen LogP contribution in [0.1, 0.15) is 29.5 Å². The largest absolute Gasteiger partial charge is 0.399 e. The van der Waals surface area contributed by atoms with Crippen LogP contribution in [0.3, 0.4) is 0 Å². The van der Waals surface area contributed by atoms with Gasteiger partial charge in [-0.15, -0.1) is 0 Å². The van der Waals surface area contributed by atoms with Crippen molar-refractivity contribution in [2.24, 2.45) is 5.92 Å². The number of nitrogens with two attached hydrogens (primary N) is 1. The molecule has 0 saturated carbocycles. The standard InChI is InChI=1S/C19H22N2O/c1-13-6-9-17(20)12-18(13)21-19(22)11-14-7-8-15-4-2-3-5-16(15)10-14/h2-6,9,12,14H,7-8,10-11,20H2,1H3,(H,21,22). The minimum absolute atomic E-state index is 0.0816. The van der Waals surface area contributed by atoms with Crippen LogP contribution in [-0.2, 0) is 17.6 Å². The number of fused-ring (bicyclic) bond motifs is 1. The molecule has 1 atom stereocenters. The number of benzene rings is 2. The Balaban J connectivity index is 1.62. The van der Waals surface area contributed by atoms with E-state index in [0.717, 1.165) is 30.5 Å². The van der Waals surface area contributed by atoms with E-state index in [1.807, 2.05) is 25.1 Å². The van der Waals surface area contributed by atoms with Crippen molar-refractivity contribution in [3.63, 3.8) is 0 Å². The van der Waals surface area contributed by atoms with Crippen LogP contribution >= 0.6 is 0 Å². The molecule has 2 aromatic carbocycles. The molecule has 3 nitrogen and oxygen atoms in total. The van der Waals surface area contributed by atoms with Crippen molar-refractivity contribution in [1.82, 2.24) is 0 Å². The van der Waals surface area contributed by atoms with Crippen molar-refractivity contribution in [2.45, 2.75) is 32.6 Å². The SMILES string of the molecule is Cc1ccc(N)cc1NC(=O)CC1CCc2ccccc2C1. The Morgan fingerprint density at radius 1 is 1.23 bits per heavy atom. The molecule has 3 heteroatoms. The number of rotatable bonds is 3. The zero-order valence-electron chi connectivity index (χ0n) is 12.9. The normalized spacial score (nSPS) is 16.9. The minimum Gasteiger partial charge on any atom is -0.399 e. The van der Waals surface area contributed by atoms with Gasteiger partial charge in [0.05, 0.1) is 0 Å². The predicted molar refractivity (Wildman–Crippen MR) is 90.8 cm³/mol. The average Bonchev–Trinajstić information content (AvgIpc) is 2.51. The smallest absolute Gasteiger partial charge is 0.224 e. The highest BCUT2D eigenvalue weighted by Gasteiger charge is 2.21. The number of hydrogen-bond acceptors (Lipinski definition) is 2. The highest BCUT2D eigenvalue weighted by atomic mass is 16.1. The molecular weight excluding hydrogens is 272 g/mol. The molecule has 0 fully saturated rings. The van der Waals surface area contributed by atoms with Crippen molar-refractivity contribution >= 4 is 17.3 Å². The van der Waals surface area contributed by atoms with Crippen molar-refractivity contribution in [2.75, 3.05) is 11.1 Å². The molecule has 0 bridgehead atoms. The van der Waals surface area contributed by atoms with Crippen LogP contribution in [0.25, 0.3) is 0 Å². The van der Waals surface area contributed by atoms with Crippen LogP contribution in [0.15, 0.2) is 42.5 Å². The van der Waals surface area contributed by atoms with E-state index in [4.69, 9.17) is 5.73 Å². The van der Waals surface area contributed by atoms with E-state index in [-0.39, 0.29) is 5.91 Å². The molecule has 114 valence electrons. The summed E-state index contributed by atoms with van der Waals surface area (Å²) in [5.41, 5.74) is 11.2. The molecule has 0 spiro atoms.